The average molecular weight is 356 g/mol. The first-order chi connectivity index (χ1) is 12.1. The number of nitrogens with one attached hydrogen (secondary N) is 1. The number of anilines is 2. The van der Waals surface area contributed by atoms with Crippen LogP contribution in [0.5, 0.6) is 5.75 Å². The molecule has 0 unspecified atom stereocenters. The third-order valence-corrected chi connectivity index (χ3v) is 5.20. The number of benzene rings is 2. The van der Waals surface area contributed by atoms with Crippen molar-refractivity contribution in [1.82, 2.24) is 4.90 Å². The zero-order valence-electron chi connectivity index (χ0n) is 15.1. The molecule has 132 valence electrons. The Kier molecular flexibility index (Phi) is 5.43. The summed E-state index contributed by atoms with van der Waals surface area (Å²) in [5.41, 5.74) is 4.77. The minimum Gasteiger partial charge on any atom is -0.495 e. The minimum absolute atomic E-state index is 0.799. The fourth-order valence-corrected chi connectivity index (χ4v) is 3.41. The third kappa shape index (κ3) is 3.87. The molecule has 2 aromatic rings. The summed E-state index contributed by atoms with van der Waals surface area (Å²) in [5.74, 6) is 0.923. The maximum Gasteiger partial charge on any atom is 0.173 e. The monoisotopic (exact) mass is 355 g/mol. The van der Waals surface area contributed by atoms with Gasteiger partial charge in [-0.1, -0.05) is 24.3 Å². The summed E-state index contributed by atoms with van der Waals surface area (Å²) in [6.45, 7) is 7.89. The normalized spacial score (nSPS) is 14.4. The molecule has 1 heterocycles. The molecule has 0 bridgehead atoms. The number of rotatable bonds is 3. The Morgan fingerprint density at radius 2 is 1.72 bits per heavy atom. The molecule has 1 fully saturated rings. The molecule has 0 atom stereocenters. The van der Waals surface area contributed by atoms with E-state index in [1.165, 1.54) is 11.1 Å². The molecule has 4 nitrogen and oxygen atoms in total. The summed E-state index contributed by atoms with van der Waals surface area (Å²) in [7, 11) is 1.72. The summed E-state index contributed by atoms with van der Waals surface area (Å²) < 4.78 is 5.48. The van der Waals surface area contributed by atoms with Crippen molar-refractivity contribution < 1.29 is 4.74 Å². The Morgan fingerprint density at radius 1 is 1.00 bits per heavy atom. The van der Waals surface area contributed by atoms with Crippen molar-refractivity contribution in [1.29, 1.82) is 0 Å². The number of thiocarbonyl (C=S) groups is 1. The summed E-state index contributed by atoms with van der Waals surface area (Å²) in [5, 5.41) is 4.21. The van der Waals surface area contributed by atoms with Gasteiger partial charge in [0.25, 0.3) is 0 Å². The third-order valence-electron chi connectivity index (χ3n) is 4.84. The van der Waals surface area contributed by atoms with Gasteiger partial charge in [0.05, 0.1) is 12.8 Å². The Labute approximate surface area is 155 Å². The van der Waals surface area contributed by atoms with E-state index in [1.54, 1.807) is 7.11 Å². The highest BCUT2D eigenvalue weighted by molar-refractivity contribution is 7.80. The van der Waals surface area contributed by atoms with Gasteiger partial charge in [-0.3, -0.25) is 0 Å². The maximum atomic E-state index is 5.63. The molecule has 0 saturated carbocycles. The second-order valence-electron chi connectivity index (χ2n) is 6.32. The summed E-state index contributed by atoms with van der Waals surface area (Å²) >= 11 is 5.63. The van der Waals surface area contributed by atoms with E-state index < -0.39 is 0 Å². The first-order valence-corrected chi connectivity index (χ1v) is 9.01. The Morgan fingerprint density at radius 3 is 2.44 bits per heavy atom. The number of para-hydroxylation sites is 2. The fourth-order valence-electron chi connectivity index (χ4n) is 3.12. The molecule has 0 radical (unpaired) electrons. The number of ether oxygens (including phenoxy) is 1. The van der Waals surface area contributed by atoms with Crippen LogP contribution in [0.2, 0.25) is 0 Å². The zero-order valence-corrected chi connectivity index (χ0v) is 15.9. The molecule has 0 amide bonds. The largest absolute Gasteiger partial charge is 0.495 e. The predicted octanol–water partition coefficient (Wildman–Crippen LogP) is 3.83. The summed E-state index contributed by atoms with van der Waals surface area (Å²) in [6.07, 6.45) is 0. The highest BCUT2D eigenvalue weighted by Gasteiger charge is 2.21. The maximum absolute atomic E-state index is 5.63. The van der Waals surface area contributed by atoms with Crippen LogP contribution >= 0.6 is 12.2 Å². The van der Waals surface area contributed by atoms with Gasteiger partial charge in [-0.05, 0) is 55.4 Å². The van der Waals surface area contributed by atoms with E-state index in [9.17, 15) is 0 Å². The lowest BCUT2D eigenvalue weighted by Crippen LogP contribution is -2.50. The van der Waals surface area contributed by atoms with Crippen molar-refractivity contribution in [3.63, 3.8) is 0 Å². The molecule has 5 heteroatoms. The van der Waals surface area contributed by atoms with Crippen LogP contribution in [0.3, 0.4) is 0 Å². The number of hydrogen-bond donors (Lipinski definition) is 1. The van der Waals surface area contributed by atoms with Gasteiger partial charge in [-0.15, -0.1) is 0 Å². The number of piperazine rings is 1. The quantitative estimate of drug-likeness (QED) is 0.845. The van der Waals surface area contributed by atoms with E-state index in [0.717, 1.165) is 48.4 Å². The van der Waals surface area contributed by atoms with E-state index in [2.05, 4.69) is 59.3 Å². The summed E-state index contributed by atoms with van der Waals surface area (Å²) in [6, 6.07) is 14.4. The van der Waals surface area contributed by atoms with E-state index in [-0.39, 0.29) is 0 Å². The van der Waals surface area contributed by atoms with Crippen molar-refractivity contribution in [2.75, 3.05) is 43.5 Å². The lowest BCUT2D eigenvalue weighted by Gasteiger charge is -2.38. The highest BCUT2D eigenvalue weighted by atomic mass is 32.1. The zero-order chi connectivity index (χ0) is 17.8. The van der Waals surface area contributed by atoms with Gasteiger partial charge in [0.15, 0.2) is 5.11 Å². The van der Waals surface area contributed by atoms with Crippen LogP contribution < -0.4 is 15.0 Å². The standard InChI is InChI=1S/C20H25N3OS/c1-15-7-6-8-17(16(15)2)21-20(25)23-13-11-22(12-14-23)18-9-4-5-10-19(18)24-3/h4-10H,11-14H2,1-3H3,(H,21,25). The van der Waals surface area contributed by atoms with E-state index in [1.807, 2.05) is 12.1 Å². The van der Waals surface area contributed by atoms with Crippen molar-refractivity contribution in [3.8, 4) is 5.75 Å². The SMILES string of the molecule is COc1ccccc1N1CCN(C(=S)Nc2cccc(C)c2C)CC1. The molecule has 1 N–H and O–H groups in total. The topological polar surface area (TPSA) is 27.7 Å². The van der Waals surface area contributed by atoms with Crippen LogP contribution in [0, 0.1) is 13.8 Å². The highest BCUT2D eigenvalue weighted by Crippen LogP contribution is 2.28. The van der Waals surface area contributed by atoms with Crippen LogP contribution in [-0.2, 0) is 0 Å². The molecule has 1 aliphatic rings. The lowest BCUT2D eigenvalue weighted by molar-refractivity contribution is 0.382. The molecule has 2 aromatic carbocycles. The van der Waals surface area contributed by atoms with Crippen LogP contribution in [0.1, 0.15) is 11.1 Å². The minimum atomic E-state index is 0.799. The lowest BCUT2D eigenvalue weighted by atomic mass is 10.1. The Balaban J connectivity index is 1.62. The van der Waals surface area contributed by atoms with Gasteiger partial charge in [0.1, 0.15) is 5.75 Å². The number of nitrogens with zero attached hydrogens (tertiary/aromatic N) is 2. The van der Waals surface area contributed by atoms with Gasteiger partial charge < -0.3 is 19.9 Å². The fraction of sp³-hybridized carbons (Fsp3) is 0.350. The number of methoxy groups -OCH3 is 1. The van der Waals surface area contributed by atoms with Gasteiger partial charge in [-0.25, -0.2) is 0 Å². The first kappa shape index (κ1) is 17.5. The van der Waals surface area contributed by atoms with Crippen molar-refractivity contribution in [2.24, 2.45) is 0 Å². The van der Waals surface area contributed by atoms with Crippen LogP contribution in [0.25, 0.3) is 0 Å². The second-order valence-corrected chi connectivity index (χ2v) is 6.71. The van der Waals surface area contributed by atoms with Gasteiger partial charge in [-0.2, -0.15) is 0 Å². The van der Waals surface area contributed by atoms with E-state index >= 15 is 0 Å². The van der Waals surface area contributed by atoms with E-state index in [0.29, 0.717) is 0 Å². The van der Waals surface area contributed by atoms with Gasteiger partial charge in [0.2, 0.25) is 0 Å². The second kappa shape index (κ2) is 7.74. The first-order valence-electron chi connectivity index (χ1n) is 8.60. The average Bonchev–Trinajstić information content (AvgIpc) is 2.65. The van der Waals surface area contributed by atoms with Crippen LogP contribution in [0.4, 0.5) is 11.4 Å². The Hall–Kier alpha value is -2.27. The van der Waals surface area contributed by atoms with Crippen molar-refractivity contribution >= 4 is 28.7 Å². The van der Waals surface area contributed by atoms with E-state index in [4.69, 9.17) is 17.0 Å². The Bertz CT molecular complexity index is 754. The van der Waals surface area contributed by atoms with Gasteiger partial charge >= 0.3 is 0 Å². The number of aryl methyl sites for hydroxylation is 1. The molecule has 1 aliphatic heterocycles. The smallest absolute Gasteiger partial charge is 0.173 e. The molecule has 0 spiro atoms. The van der Waals surface area contributed by atoms with Crippen LogP contribution in [0.15, 0.2) is 42.5 Å². The molecule has 1 saturated heterocycles. The summed E-state index contributed by atoms with van der Waals surface area (Å²) in [4.78, 5) is 4.60. The molecular formula is C20H25N3OS. The van der Waals surface area contributed by atoms with Crippen molar-refractivity contribution in [2.45, 2.75) is 13.8 Å². The molecule has 0 aliphatic carbocycles. The molecular weight excluding hydrogens is 330 g/mol. The van der Waals surface area contributed by atoms with Crippen LogP contribution in [-0.4, -0.2) is 43.3 Å². The predicted molar refractivity (Wildman–Crippen MR) is 109 cm³/mol. The number of hydrogen-bond acceptors (Lipinski definition) is 3. The van der Waals surface area contributed by atoms with Gasteiger partial charge in [0, 0.05) is 31.9 Å². The molecule has 3 rings (SSSR count). The van der Waals surface area contributed by atoms with Crippen molar-refractivity contribution in [3.05, 3.63) is 53.6 Å². The molecule has 25 heavy (non-hydrogen) atoms. The molecule has 0 aromatic heterocycles.